The van der Waals surface area contributed by atoms with Crippen LogP contribution < -0.4 is 5.32 Å². The van der Waals surface area contributed by atoms with Crippen molar-refractivity contribution in [1.29, 1.82) is 0 Å². The fourth-order valence-corrected chi connectivity index (χ4v) is 2.94. The van der Waals surface area contributed by atoms with Crippen LogP contribution in [0.5, 0.6) is 0 Å². The molecule has 1 saturated heterocycles. The summed E-state index contributed by atoms with van der Waals surface area (Å²) in [6, 6.07) is 0.130. The first kappa shape index (κ1) is 23.5. The van der Waals surface area contributed by atoms with Gasteiger partial charge in [-0.1, -0.05) is 34.1 Å². The minimum Gasteiger partial charge on any atom is -0.338 e. The van der Waals surface area contributed by atoms with Crippen molar-refractivity contribution in [2.45, 2.75) is 66.2 Å². The normalized spacial score (nSPS) is 15.4. The fourth-order valence-electron chi connectivity index (χ4n) is 2.94. The lowest BCUT2D eigenvalue weighted by molar-refractivity contribution is 0.189. The minimum absolute atomic E-state index is 0. The van der Waals surface area contributed by atoms with Gasteiger partial charge in [-0.05, 0) is 63.6 Å². The molecule has 144 valence electrons. The number of urea groups is 1. The van der Waals surface area contributed by atoms with E-state index >= 15 is 0 Å². The first-order valence-corrected chi connectivity index (χ1v) is 9.74. The Labute approximate surface area is 156 Å². The van der Waals surface area contributed by atoms with Crippen LogP contribution in [0.3, 0.4) is 0 Å². The molecule has 1 rings (SSSR count). The Hall–Kier alpha value is -0.480. The number of nitrogens with one attached hydrogen (secondary N) is 1. The van der Waals surface area contributed by atoms with E-state index in [0.29, 0.717) is 11.8 Å². The molecule has 0 saturated carbocycles. The Kier molecular flexibility index (Phi) is 13.5. The third-order valence-electron chi connectivity index (χ3n) is 4.62. The summed E-state index contributed by atoms with van der Waals surface area (Å²) < 4.78 is 0. The Balaban J connectivity index is 0.00000529. The molecule has 0 aromatic rings. The molecule has 0 aromatic carbocycles. The molecule has 1 aliphatic heterocycles. The number of nitrogens with zero attached hydrogens (tertiary/aromatic N) is 2. The minimum atomic E-state index is 0. The molecule has 4 nitrogen and oxygen atoms in total. The predicted molar refractivity (Wildman–Crippen MR) is 106 cm³/mol. The van der Waals surface area contributed by atoms with Gasteiger partial charge in [-0.2, -0.15) is 0 Å². The van der Waals surface area contributed by atoms with Crippen molar-refractivity contribution in [1.82, 2.24) is 15.1 Å². The van der Waals surface area contributed by atoms with E-state index in [-0.39, 0.29) is 18.4 Å². The lowest BCUT2D eigenvalue weighted by Crippen LogP contribution is -2.42. The van der Waals surface area contributed by atoms with Gasteiger partial charge in [0.25, 0.3) is 0 Å². The zero-order valence-electron chi connectivity index (χ0n) is 16.4. The second-order valence-electron chi connectivity index (χ2n) is 7.84. The molecule has 0 aliphatic carbocycles. The predicted octanol–water partition coefficient (Wildman–Crippen LogP) is 4.39. The quantitative estimate of drug-likeness (QED) is 0.586. The van der Waals surface area contributed by atoms with Crippen LogP contribution >= 0.6 is 12.4 Å². The summed E-state index contributed by atoms with van der Waals surface area (Å²) in [5, 5.41) is 3.13. The number of halogens is 1. The number of hydrogen-bond donors (Lipinski definition) is 1. The second kappa shape index (κ2) is 13.8. The first-order chi connectivity index (χ1) is 11.0. The summed E-state index contributed by atoms with van der Waals surface area (Å²) in [5.74, 6) is 1.28. The van der Waals surface area contributed by atoms with E-state index in [1.807, 2.05) is 4.90 Å². The Morgan fingerprint density at radius 1 is 1.00 bits per heavy atom. The maximum absolute atomic E-state index is 12.4. The van der Waals surface area contributed by atoms with Gasteiger partial charge in [-0.15, -0.1) is 12.4 Å². The molecule has 1 N–H and O–H groups in total. The van der Waals surface area contributed by atoms with Crippen molar-refractivity contribution < 1.29 is 4.79 Å². The smallest absolute Gasteiger partial charge is 0.317 e. The number of amides is 2. The van der Waals surface area contributed by atoms with Crippen LogP contribution in [0.2, 0.25) is 0 Å². The van der Waals surface area contributed by atoms with Gasteiger partial charge >= 0.3 is 6.03 Å². The summed E-state index contributed by atoms with van der Waals surface area (Å²) >= 11 is 0. The number of carbonyl (C=O) groups excluding carboxylic acids is 1. The number of hydrogen-bond acceptors (Lipinski definition) is 2. The van der Waals surface area contributed by atoms with Crippen molar-refractivity contribution >= 4 is 18.4 Å². The van der Waals surface area contributed by atoms with Crippen LogP contribution in [0.25, 0.3) is 0 Å². The Morgan fingerprint density at radius 3 is 2.04 bits per heavy atom. The van der Waals surface area contributed by atoms with Gasteiger partial charge in [0.15, 0.2) is 0 Å². The summed E-state index contributed by atoms with van der Waals surface area (Å²) in [6.07, 6.45) is 7.29. The van der Waals surface area contributed by atoms with E-state index in [1.54, 1.807) is 0 Å². The van der Waals surface area contributed by atoms with E-state index in [0.717, 1.165) is 45.4 Å². The molecule has 0 radical (unpaired) electrons. The van der Waals surface area contributed by atoms with E-state index in [4.69, 9.17) is 0 Å². The maximum Gasteiger partial charge on any atom is 0.317 e. The maximum atomic E-state index is 12.4. The molecule has 0 atom stereocenters. The van der Waals surface area contributed by atoms with Crippen LogP contribution in [0.1, 0.15) is 66.2 Å². The van der Waals surface area contributed by atoms with Crippen molar-refractivity contribution in [3.63, 3.8) is 0 Å². The van der Waals surface area contributed by atoms with Crippen LogP contribution in [0, 0.1) is 11.8 Å². The number of carbonyl (C=O) groups is 1. The van der Waals surface area contributed by atoms with Crippen LogP contribution in [-0.2, 0) is 0 Å². The first-order valence-electron chi connectivity index (χ1n) is 9.74. The molecular formula is C19H40ClN3O. The SMILES string of the molecule is CC(C)CCN(CCC(C)C)C(=O)NCCCN1CCCCC1.Cl. The third-order valence-corrected chi connectivity index (χ3v) is 4.62. The highest BCUT2D eigenvalue weighted by molar-refractivity contribution is 5.85. The Morgan fingerprint density at radius 2 is 1.54 bits per heavy atom. The molecule has 0 spiro atoms. The molecule has 0 unspecified atom stereocenters. The van der Waals surface area contributed by atoms with Crippen molar-refractivity contribution in [2.24, 2.45) is 11.8 Å². The lowest BCUT2D eigenvalue weighted by Gasteiger charge is -2.27. The highest BCUT2D eigenvalue weighted by atomic mass is 35.5. The molecule has 0 bridgehead atoms. The van der Waals surface area contributed by atoms with E-state index in [9.17, 15) is 4.79 Å². The molecule has 1 fully saturated rings. The topological polar surface area (TPSA) is 35.6 Å². The molecular weight excluding hydrogens is 322 g/mol. The molecule has 1 aliphatic rings. The van der Waals surface area contributed by atoms with Gasteiger partial charge in [-0.3, -0.25) is 0 Å². The average Bonchev–Trinajstić information content (AvgIpc) is 2.52. The molecule has 5 heteroatoms. The summed E-state index contributed by atoms with van der Waals surface area (Å²) in [4.78, 5) is 17.0. The van der Waals surface area contributed by atoms with Crippen molar-refractivity contribution in [2.75, 3.05) is 39.3 Å². The zero-order valence-corrected chi connectivity index (χ0v) is 17.2. The summed E-state index contributed by atoms with van der Waals surface area (Å²) in [7, 11) is 0. The highest BCUT2D eigenvalue weighted by Gasteiger charge is 2.14. The fraction of sp³-hybridized carbons (Fsp3) is 0.947. The number of piperidine rings is 1. The Bertz CT molecular complexity index is 306. The van der Waals surface area contributed by atoms with Crippen molar-refractivity contribution in [3.05, 3.63) is 0 Å². The second-order valence-corrected chi connectivity index (χ2v) is 7.84. The molecule has 2 amide bonds. The lowest BCUT2D eigenvalue weighted by atomic mass is 10.1. The van der Waals surface area contributed by atoms with Gasteiger partial charge in [-0.25, -0.2) is 4.79 Å². The summed E-state index contributed by atoms with van der Waals surface area (Å²) in [5.41, 5.74) is 0. The summed E-state index contributed by atoms with van der Waals surface area (Å²) in [6.45, 7) is 15.0. The van der Waals surface area contributed by atoms with Crippen molar-refractivity contribution in [3.8, 4) is 0 Å². The number of likely N-dealkylation sites (tertiary alicyclic amines) is 1. The van der Waals surface area contributed by atoms with Gasteiger partial charge in [0, 0.05) is 19.6 Å². The van der Waals surface area contributed by atoms with E-state index in [1.165, 1.54) is 32.4 Å². The van der Waals surface area contributed by atoms with Gasteiger partial charge < -0.3 is 15.1 Å². The highest BCUT2D eigenvalue weighted by Crippen LogP contribution is 2.09. The number of rotatable bonds is 10. The van der Waals surface area contributed by atoms with Gasteiger partial charge in [0.2, 0.25) is 0 Å². The monoisotopic (exact) mass is 361 g/mol. The molecule has 0 aromatic heterocycles. The van der Waals surface area contributed by atoms with Gasteiger partial charge in [0.05, 0.1) is 0 Å². The largest absolute Gasteiger partial charge is 0.338 e. The van der Waals surface area contributed by atoms with Crippen LogP contribution in [0.4, 0.5) is 4.79 Å². The van der Waals surface area contributed by atoms with Crippen LogP contribution in [-0.4, -0.2) is 55.1 Å². The zero-order chi connectivity index (χ0) is 17.1. The average molecular weight is 362 g/mol. The third kappa shape index (κ3) is 11.1. The molecule has 24 heavy (non-hydrogen) atoms. The van der Waals surface area contributed by atoms with E-state index in [2.05, 4.69) is 37.9 Å². The molecule has 1 heterocycles. The standard InChI is InChI=1S/C19H39N3O.ClH/c1-17(2)9-15-22(16-10-18(3)4)19(23)20-11-8-14-21-12-6-5-7-13-21;/h17-18H,5-16H2,1-4H3,(H,20,23);1H. The van der Waals surface area contributed by atoms with Crippen LogP contribution in [0.15, 0.2) is 0 Å². The van der Waals surface area contributed by atoms with Gasteiger partial charge in [0.1, 0.15) is 0 Å². The van der Waals surface area contributed by atoms with E-state index < -0.39 is 0 Å².